The van der Waals surface area contributed by atoms with Crippen LogP contribution < -0.4 is 10.1 Å². The highest BCUT2D eigenvalue weighted by molar-refractivity contribution is 7.15. The van der Waals surface area contributed by atoms with E-state index in [4.69, 9.17) is 25.7 Å². The van der Waals surface area contributed by atoms with Gasteiger partial charge in [-0.25, -0.2) is 4.99 Å². The van der Waals surface area contributed by atoms with Gasteiger partial charge in [0.25, 0.3) is 0 Å². The summed E-state index contributed by atoms with van der Waals surface area (Å²) in [5.74, 6) is 1.74. The summed E-state index contributed by atoms with van der Waals surface area (Å²) in [6.07, 6.45) is 0. The van der Waals surface area contributed by atoms with E-state index >= 15 is 0 Å². The normalized spacial score (nSPS) is 12.1. The third kappa shape index (κ3) is 3.79. The highest BCUT2D eigenvalue weighted by atomic mass is 35.5. The van der Waals surface area contributed by atoms with E-state index in [0.717, 1.165) is 27.1 Å². The van der Waals surface area contributed by atoms with E-state index in [1.165, 1.54) is 11.3 Å². The molecular formula is C21H18ClN3O2S. The Bertz CT molecular complexity index is 1200. The van der Waals surface area contributed by atoms with Gasteiger partial charge in [0.1, 0.15) is 22.1 Å². The molecule has 2 aromatic carbocycles. The second kappa shape index (κ2) is 7.73. The fraction of sp³-hybridized carbons (Fsp3) is 0.190. The van der Waals surface area contributed by atoms with Crippen LogP contribution in [0.3, 0.4) is 0 Å². The van der Waals surface area contributed by atoms with Crippen LogP contribution in [0.1, 0.15) is 24.8 Å². The largest absolute Gasteiger partial charge is 0.497 e. The molecule has 4 aromatic rings. The molecule has 0 saturated heterocycles. The standard InChI is InChI=1S/C21H18ClN3O2S/c1-12(2)20-24-25-21(28-20)23-17-11-19(13-4-6-14(22)7-5-13)27-18-9-8-15(26-3)10-16(17)18/h4-12H,1-3H3/b23-17+. The summed E-state index contributed by atoms with van der Waals surface area (Å²) in [6.45, 7) is 4.18. The van der Waals surface area contributed by atoms with Crippen molar-refractivity contribution in [2.45, 2.75) is 19.8 Å². The molecule has 4 rings (SSSR count). The van der Waals surface area contributed by atoms with Gasteiger partial charge in [0.15, 0.2) is 0 Å². The maximum absolute atomic E-state index is 6.12. The Morgan fingerprint density at radius 1 is 1.07 bits per heavy atom. The molecule has 0 unspecified atom stereocenters. The molecule has 2 heterocycles. The van der Waals surface area contributed by atoms with Gasteiger partial charge >= 0.3 is 0 Å². The zero-order valence-electron chi connectivity index (χ0n) is 15.6. The van der Waals surface area contributed by atoms with Crippen molar-refractivity contribution < 1.29 is 9.15 Å². The number of fused-ring (bicyclic) bond motifs is 1. The molecule has 0 aliphatic heterocycles. The second-order valence-electron chi connectivity index (χ2n) is 6.55. The summed E-state index contributed by atoms with van der Waals surface area (Å²) in [4.78, 5) is 4.75. The Labute approximate surface area is 171 Å². The number of nitrogens with zero attached hydrogens (tertiary/aromatic N) is 3. The molecule has 142 valence electrons. The maximum Gasteiger partial charge on any atom is 0.232 e. The van der Waals surface area contributed by atoms with Crippen LogP contribution in [0, 0.1) is 0 Å². The lowest BCUT2D eigenvalue weighted by Gasteiger charge is -2.06. The first-order valence-electron chi connectivity index (χ1n) is 8.79. The van der Waals surface area contributed by atoms with Crippen LogP contribution >= 0.6 is 22.9 Å². The lowest BCUT2D eigenvalue weighted by atomic mass is 10.1. The number of ether oxygens (including phenoxy) is 1. The second-order valence-corrected chi connectivity index (χ2v) is 7.98. The van der Waals surface area contributed by atoms with Crippen LogP contribution in [0.4, 0.5) is 5.13 Å². The van der Waals surface area contributed by atoms with Crippen molar-refractivity contribution in [2.24, 2.45) is 4.99 Å². The lowest BCUT2D eigenvalue weighted by molar-refractivity contribution is 0.415. The third-order valence-corrected chi connectivity index (χ3v) is 5.59. The molecule has 0 aliphatic carbocycles. The Morgan fingerprint density at radius 2 is 1.86 bits per heavy atom. The van der Waals surface area contributed by atoms with Crippen LogP contribution in [0.5, 0.6) is 5.75 Å². The minimum atomic E-state index is 0.314. The molecule has 2 aromatic heterocycles. The average Bonchev–Trinajstić information content (AvgIpc) is 3.17. The Hall–Kier alpha value is -2.70. The van der Waals surface area contributed by atoms with Gasteiger partial charge in [-0.1, -0.05) is 36.8 Å². The van der Waals surface area contributed by atoms with E-state index in [1.807, 2.05) is 48.5 Å². The van der Waals surface area contributed by atoms with Gasteiger partial charge in [0.2, 0.25) is 5.13 Å². The molecule has 0 atom stereocenters. The predicted molar refractivity (Wildman–Crippen MR) is 112 cm³/mol. The lowest BCUT2D eigenvalue weighted by Crippen LogP contribution is -2.03. The van der Waals surface area contributed by atoms with Gasteiger partial charge in [-0.3, -0.25) is 0 Å². The Morgan fingerprint density at radius 3 is 2.54 bits per heavy atom. The monoisotopic (exact) mass is 411 g/mol. The first-order chi connectivity index (χ1) is 13.5. The summed E-state index contributed by atoms with van der Waals surface area (Å²) in [5, 5.41) is 12.3. The highest BCUT2D eigenvalue weighted by Crippen LogP contribution is 2.28. The van der Waals surface area contributed by atoms with Crippen molar-refractivity contribution in [1.29, 1.82) is 0 Å². The average molecular weight is 412 g/mol. The number of hydrogen-bond acceptors (Lipinski definition) is 6. The molecule has 0 amide bonds. The van der Waals surface area contributed by atoms with E-state index in [9.17, 15) is 0 Å². The zero-order valence-corrected chi connectivity index (χ0v) is 17.2. The first-order valence-corrected chi connectivity index (χ1v) is 9.99. The minimum absolute atomic E-state index is 0.314. The van der Waals surface area contributed by atoms with Gasteiger partial charge in [-0.2, -0.15) is 0 Å². The first kappa shape index (κ1) is 18.7. The third-order valence-electron chi connectivity index (χ3n) is 4.22. The van der Waals surface area contributed by atoms with Crippen molar-refractivity contribution in [3.63, 3.8) is 0 Å². The van der Waals surface area contributed by atoms with Crippen LogP contribution in [0.25, 0.3) is 22.3 Å². The van der Waals surface area contributed by atoms with Crippen LogP contribution in [-0.2, 0) is 0 Å². The summed E-state index contributed by atoms with van der Waals surface area (Å²) < 4.78 is 11.5. The predicted octanol–water partition coefficient (Wildman–Crippen LogP) is 5.97. The molecule has 0 fully saturated rings. The van der Waals surface area contributed by atoms with Crippen molar-refractivity contribution in [1.82, 2.24) is 10.2 Å². The highest BCUT2D eigenvalue weighted by Gasteiger charge is 2.10. The molecule has 5 nitrogen and oxygen atoms in total. The van der Waals surface area contributed by atoms with Crippen molar-refractivity contribution >= 4 is 39.0 Å². The zero-order chi connectivity index (χ0) is 19.7. The summed E-state index contributed by atoms with van der Waals surface area (Å²) in [6, 6.07) is 15.1. The molecule has 28 heavy (non-hydrogen) atoms. The number of halogens is 1. The smallest absolute Gasteiger partial charge is 0.232 e. The molecule has 0 radical (unpaired) electrons. The molecular weight excluding hydrogens is 394 g/mol. The van der Waals surface area contributed by atoms with Gasteiger partial charge in [0, 0.05) is 28.0 Å². The van der Waals surface area contributed by atoms with Gasteiger partial charge in [-0.05, 0) is 42.5 Å². The van der Waals surface area contributed by atoms with Crippen LogP contribution in [-0.4, -0.2) is 17.3 Å². The summed E-state index contributed by atoms with van der Waals surface area (Å²) >= 11 is 7.51. The molecule has 0 bridgehead atoms. The van der Waals surface area contributed by atoms with Crippen molar-refractivity contribution in [2.75, 3.05) is 7.11 Å². The van der Waals surface area contributed by atoms with E-state index in [2.05, 4.69) is 24.0 Å². The van der Waals surface area contributed by atoms with E-state index < -0.39 is 0 Å². The number of methoxy groups -OCH3 is 1. The van der Waals surface area contributed by atoms with Crippen molar-refractivity contribution in [3.05, 3.63) is 63.9 Å². The summed E-state index contributed by atoms with van der Waals surface area (Å²) in [7, 11) is 1.64. The number of aromatic nitrogens is 2. The number of benzene rings is 2. The molecule has 7 heteroatoms. The Balaban J connectivity index is 1.94. The van der Waals surface area contributed by atoms with E-state index in [-0.39, 0.29) is 0 Å². The fourth-order valence-corrected chi connectivity index (χ4v) is 3.59. The Kier molecular flexibility index (Phi) is 5.15. The fourth-order valence-electron chi connectivity index (χ4n) is 2.73. The molecule has 0 saturated carbocycles. The SMILES string of the molecule is COc1ccc2oc(-c3ccc(Cl)cc3)c/c(=N\c3nnc(C(C)C)s3)c2c1. The summed E-state index contributed by atoms with van der Waals surface area (Å²) in [5.41, 5.74) is 1.62. The van der Waals surface area contributed by atoms with Gasteiger partial charge in [-0.15, -0.1) is 10.2 Å². The number of rotatable bonds is 4. The van der Waals surface area contributed by atoms with E-state index in [1.54, 1.807) is 7.11 Å². The van der Waals surface area contributed by atoms with Crippen LogP contribution in [0.2, 0.25) is 5.02 Å². The van der Waals surface area contributed by atoms with E-state index in [0.29, 0.717) is 27.4 Å². The quantitative estimate of drug-likeness (QED) is 0.415. The topological polar surface area (TPSA) is 60.5 Å². The van der Waals surface area contributed by atoms with Gasteiger partial charge < -0.3 is 9.15 Å². The van der Waals surface area contributed by atoms with Gasteiger partial charge in [0.05, 0.1) is 12.5 Å². The maximum atomic E-state index is 6.12. The molecule has 0 N–H and O–H groups in total. The minimum Gasteiger partial charge on any atom is -0.497 e. The molecule has 0 spiro atoms. The number of hydrogen-bond donors (Lipinski definition) is 0. The van der Waals surface area contributed by atoms with Crippen molar-refractivity contribution in [3.8, 4) is 17.1 Å². The van der Waals surface area contributed by atoms with Crippen LogP contribution in [0.15, 0.2) is 57.9 Å². The molecule has 0 aliphatic rings.